The number of ether oxygens (including phenoxy) is 1. The summed E-state index contributed by atoms with van der Waals surface area (Å²) in [6.45, 7) is 0.862. The van der Waals surface area contributed by atoms with Crippen LogP contribution in [-0.4, -0.2) is 48.0 Å². The predicted molar refractivity (Wildman–Crippen MR) is 105 cm³/mol. The molecular formula is C22H21N3O3. The number of carbonyl (C=O) groups excluding carboxylic acids is 2. The molecule has 0 saturated heterocycles. The van der Waals surface area contributed by atoms with Crippen molar-refractivity contribution >= 4 is 22.7 Å². The first-order valence-corrected chi connectivity index (χ1v) is 9.48. The number of H-pyrrole nitrogens is 1. The molecule has 0 saturated carbocycles. The fraction of sp³-hybridized carbons (Fsp3) is 0.273. The highest BCUT2D eigenvalue weighted by Crippen LogP contribution is 2.46. The van der Waals surface area contributed by atoms with Gasteiger partial charge < -0.3 is 19.9 Å². The number of benzene rings is 2. The molecular weight excluding hydrogens is 354 g/mol. The molecule has 0 bridgehead atoms. The van der Waals surface area contributed by atoms with E-state index in [0.29, 0.717) is 25.1 Å². The van der Waals surface area contributed by atoms with Crippen LogP contribution in [0.25, 0.3) is 10.9 Å². The van der Waals surface area contributed by atoms with Gasteiger partial charge in [0.05, 0.1) is 12.6 Å². The van der Waals surface area contributed by atoms with Gasteiger partial charge in [-0.1, -0.05) is 36.4 Å². The van der Waals surface area contributed by atoms with Gasteiger partial charge >= 0.3 is 0 Å². The van der Waals surface area contributed by atoms with E-state index in [9.17, 15) is 9.59 Å². The van der Waals surface area contributed by atoms with Crippen molar-refractivity contribution < 1.29 is 14.3 Å². The highest BCUT2D eigenvalue weighted by molar-refractivity contribution is 6.03. The van der Waals surface area contributed by atoms with E-state index in [-0.39, 0.29) is 17.9 Å². The quantitative estimate of drug-likeness (QED) is 0.688. The van der Waals surface area contributed by atoms with Crippen LogP contribution in [-0.2, 0) is 16.0 Å². The minimum atomic E-state index is -0.548. The summed E-state index contributed by atoms with van der Waals surface area (Å²) >= 11 is 0. The number of hydrogen-bond donors (Lipinski definition) is 2. The Bertz CT molecular complexity index is 1090. The standard InChI is InChI=1S/C22H21N3O3/c1-28-11-10-23-21(26)18-12-16-13-6-4-5-9-17(13)24-19(16)20-14-7-2-3-8-15(14)22(27)25(18)20/h2-9,18,20,24H,10-12H2,1H3,(H,23,26)/t18-,20-/m0/s1. The molecule has 2 aromatic carbocycles. The Morgan fingerprint density at radius 3 is 2.86 bits per heavy atom. The maximum atomic E-state index is 13.2. The van der Waals surface area contributed by atoms with Crippen LogP contribution >= 0.6 is 0 Å². The Balaban J connectivity index is 1.65. The van der Waals surface area contributed by atoms with E-state index >= 15 is 0 Å². The van der Waals surface area contributed by atoms with Crippen molar-refractivity contribution in [3.05, 3.63) is 70.9 Å². The second kappa shape index (κ2) is 6.49. The first-order chi connectivity index (χ1) is 13.7. The van der Waals surface area contributed by atoms with Gasteiger partial charge in [-0.25, -0.2) is 0 Å². The third kappa shape index (κ3) is 2.38. The van der Waals surface area contributed by atoms with Crippen LogP contribution in [0.2, 0.25) is 0 Å². The number of fused-ring (bicyclic) bond motifs is 7. The number of amides is 2. The summed E-state index contributed by atoms with van der Waals surface area (Å²) in [4.78, 5) is 31.5. The number of hydrogen-bond acceptors (Lipinski definition) is 3. The largest absolute Gasteiger partial charge is 0.383 e. The number of rotatable bonds is 4. The molecule has 0 fully saturated rings. The molecule has 3 heterocycles. The zero-order chi connectivity index (χ0) is 19.3. The maximum absolute atomic E-state index is 13.2. The Morgan fingerprint density at radius 1 is 1.21 bits per heavy atom. The van der Waals surface area contributed by atoms with Gasteiger partial charge in [0.15, 0.2) is 0 Å². The number of nitrogens with one attached hydrogen (secondary N) is 2. The molecule has 6 nitrogen and oxygen atoms in total. The lowest BCUT2D eigenvalue weighted by Crippen LogP contribution is -2.52. The van der Waals surface area contributed by atoms with E-state index in [1.807, 2.05) is 42.5 Å². The first kappa shape index (κ1) is 17.0. The summed E-state index contributed by atoms with van der Waals surface area (Å²) in [6, 6.07) is 14.9. The average molecular weight is 375 g/mol. The Hall–Kier alpha value is -3.12. The molecule has 2 aliphatic rings. The van der Waals surface area contributed by atoms with E-state index in [1.54, 1.807) is 12.0 Å². The number of aromatic nitrogens is 1. The molecule has 0 unspecified atom stereocenters. The molecule has 1 aromatic heterocycles. The summed E-state index contributed by atoms with van der Waals surface area (Å²) in [5.41, 5.74) is 4.79. The second-order valence-electron chi connectivity index (χ2n) is 7.27. The van der Waals surface area contributed by atoms with E-state index in [4.69, 9.17) is 4.74 Å². The fourth-order valence-electron chi connectivity index (χ4n) is 4.53. The third-order valence-corrected chi connectivity index (χ3v) is 5.76. The van der Waals surface area contributed by atoms with Crippen molar-refractivity contribution in [3.63, 3.8) is 0 Å². The first-order valence-electron chi connectivity index (χ1n) is 9.48. The predicted octanol–water partition coefficient (Wildman–Crippen LogP) is 2.40. The van der Waals surface area contributed by atoms with Gasteiger partial charge in [0.25, 0.3) is 5.91 Å². The van der Waals surface area contributed by atoms with Crippen molar-refractivity contribution in [1.29, 1.82) is 0 Å². The molecule has 28 heavy (non-hydrogen) atoms. The molecule has 3 aromatic rings. The molecule has 2 N–H and O–H groups in total. The summed E-state index contributed by atoms with van der Waals surface area (Å²) < 4.78 is 5.04. The maximum Gasteiger partial charge on any atom is 0.255 e. The van der Waals surface area contributed by atoms with E-state index in [2.05, 4.69) is 16.4 Å². The summed E-state index contributed by atoms with van der Waals surface area (Å²) in [5.74, 6) is -0.226. The Kier molecular flexibility index (Phi) is 3.94. The number of para-hydroxylation sites is 1. The summed E-state index contributed by atoms with van der Waals surface area (Å²) in [5, 5.41) is 4.03. The van der Waals surface area contributed by atoms with Crippen molar-refractivity contribution in [2.24, 2.45) is 0 Å². The van der Waals surface area contributed by atoms with Gasteiger partial charge in [-0.3, -0.25) is 9.59 Å². The Labute approximate surface area is 162 Å². The van der Waals surface area contributed by atoms with Gasteiger partial charge in [-0.15, -0.1) is 0 Å². The Morgan fingerprint density at radius 2 is 2.00 bits per heavy atom. The molecule has 2 atom stereocenters. The number of carbonyl (C=O) groups is 2. The lowest BCUT2D eigenvalue weighted by Gasteiger charge is -2.37. The van der Waals surface area contributed by atoms with Crippen LogP contribution < -0.4 is 5.32 Å². The van der Waals surface area contributed by atoms with Gasteiger partial charge in [0.2, 0.25) is 5.91 Å². The van der Waals surface area contributed by atoms with Crippen LogP contribution in [0.4, 0.5) is 0 Å². The number of nitrogens with zero attached hydrogens (tertiary/aromatic N) is 1. The smallest absolute Gasteiger partial charge is 0.255 e. The average Bonchev–Trinajstić information content (AvgIpc) is 3.24. The zero-order valence-corrected chi connectivity index (χ0v) is 15.6. The van der Waals surface area contributed by atoms with Crippen molar-refractivity contribution in [2.45, 2.75) is 18.5 Å². The second-order valence-corrected chi connectivity index (χ2v) is 7.27. The lowest BCUT2D eigenvalue weighted by atomic mass is 9.90. The highest BCUT2D eigenvalue weighted by atomic mass is 16.5. The van der Waals surface area contributed by atoms with Crippen LogP contribution in [0.15, 0.2) is 48.5 Å². The minimum Gasteiger partial charge on any atom is -0.383 e. The molecule has 6 heteroatoms. The van der Waals surface area contributed by atoms with E-state index in [0.717, 1.165) is 27.7 Å². The molecule has 0 aliphatic carbocycles. The zero-order valence-electron chi connectivity index (χ0n) is 15.6. The number of methoxy groups -OCH3 is 1. The molecule has 142 valence electrons. The normalized spacial score (nSPS) is 20.0. The molecule has 2 aliphatic heterocycles. The van der Waals surface area contributed by atoms with E-state index in [1.165, 1.54) is 0 Å². The topological polar surface area (TPSA) is 74.4 Å². The number of aromatic amines is 1. The van der Waals surface area contributed by atoms with Crippen molar-refractivity contribution in [3.8, 4) is 0 Å². The van der Waals surface area contributed by atoms with Crippen LogP contribution in [0.3, 0.4) is 0 Å². The minimum absolute atomic E-state index is 0.0863. The third-order valence-electron chi connectivity index (χ3n) is 5.76. The summed E-state index contributed by atoms with van der Waals surface area (Å²) in [7, 11) is 1.60. The lowest BCUT2D eigenvalue weighted by molar-refractivity contribution is -0.126. The molecule has 0 radical (unpaired) electrons. The SMILES string of the molecule is COCCNC(=O)[C@@H]1Cc2c([nH]c3ccccc23)[C@@H]2c3ccccc3C(=O)N21. The van der Waals surface area contributed by atoms with Crippen molar-refractivity contribution in [2.75, 3.05) is 20.3 Å². The fourth-order valence-corrected chi connectivity index (χ4v) is 4.53. The van der Waals surface area contributed by atoms with Gasteiger partial charge in [0, 0.05) is 42.2 Å². The van der Waals surface area contributed by atoms with Gasteiger partial charge in [-0.05, 0) is 23.3 Å². The molecule has 2 amide bonds. The summed E-state index contributed by atoms with van der Waals surface area (Å²) in [6.07, 6.45) is 0.494. The van der Waals surface area contributed by atoms with Crippen molar-refractivity contribution in [1.82, 2.24) is 15.2 Å². The van der Waals surface area contributed by atoms with Gasteiger partial charge in [-0.2, -0.15) is 0 Å². The highest BCUT2D eigenvalue weighted by Gasteiger charge is 2.48. The molecule has 0 spiro atoms. The van der Waals surface area contributed by atoms with Crippen LogP contribution in [0.1, 0.15) is 33.2 Å². The van der Waals surface area contributed by atoms with E-state index < -0.39 is 6.04 Å². The van der Waals surface area contributed by atoms with Gasteiger partial charge in [0.1, 0.15) is 6.04 Å². The van der Waals surface area contributed by atoms with Crippen LogP contribution in [0.5, 0.6) is 0 Å². The molecule has 5 rings (SSSR count). The van der Waals surface area contributed by atoms with Crippen LogP contribution in [0, 0.1) is 0 Å². The monoisotopic (exact) mass is 375 g/mol.